The zero-order valence-electron chi connectivity index (χ0n) is 11.7. The summed E-state index contributed by atoms with van der Waals surface area (Å²) in [5, 5.41) is 2.94. The summed E-state index contributed by atoms with van der Waals surface area (Å²) >= 11 is 6.93. The lowest BCUT2D eigenvalue weighted by Gasteiger charge is -2.32. The molecule has 0 radical (unpaired) electrons. The van der Waals surface area contributed by atoms with Crippen LogP contribution in [0, 0.1) is 5.92 Å². The number of hydrogen-bond acceptors (Lipinski definition) is 2. The maximum Gasteiger partial charge on any atom is 0.252 e. The predicted octanol–water partition coefficient (Wildman–Crippen LogP) is 3.23. The Balaban J connectivity index is 2.00. The van der Waals surface area contributed by atoms with Crippen molar-refractivity contribution in [3.63, 3.8) is 0 Å². The Morgan fingerprint density at radius 3 is 2.62 bits per heavy atom. The summed E-state index contributed by atoms with van der Waals surface area (Å²) in [5.41, 5.74) is 0.0340. The summed E-state index contributed by atoms with van der Waals surface area (Å²) in [6.45, 7) is 2.27. The molecule has 0 aromatic heterocycles. The highest BCUT2D eigenvalue weighted by Gasteiger charge is 2.51. The standard InChI is InChI=1S/C15H16Br2N2O2/c1-15(9-2-3-9)14(21)19(7-6-13(20)18-15)12-5-4-10(16)8-11(12)17/h4-5,8-9H,2-3,6-7H2,1H3,(H,18,20). The number of amides is 2. The first-order valence-corrected chi connectivity index (χ1v) is 8.58. The molecule has 1 heterocycles. The minimum Gasteiger partial charge on any atom is -0.342 e. The fourth-order valence-electron chi connectivity index (χ4n) is 2.87. The van der Waals surface area contributed by atoms with Gasteiger partial charge in [0, 0.05) is 21.9 Å². The maximum absolute atomic E-state index is 13.0. The second-order valence-electron chi connectivity index (χ2n) is 5.83. The van der Waals surface area contributed by atoms with Gasteiger partial charge in [0.05, 0.1) is 5.69 Å². The van der Waals surface area contributed by atoms with Crippen molar-refractivity contribution in [3.05, 3.63) is 27.1 Å². The molecule has 2 amide bonds. The van der Waals surface area contributed by atoms with Gasteiger partial charge in [-0.05, 0) is 59.8 Å². The Bertz CT molecular complexity index is 616. The van der Waals surface area contributed by atoms with Crippen molar-refractivity contribution >= 4 is 49.4 Å². The molecule has 112 valence electrons. The van der Waals surface area contributed by atoms with Gasteiger partial charge in [0.25, 0.3) is 5.91 Å². The van der Waals surface area contributed by atoms with Crippen LogP contribution < -0.4 is 10.2 Å². The average Bonchev–Trinajstić information content (AvgIpc) is 3.24. The Morgan fingerprint density at radius 1 is 1.29 bits per heavy atom. The molecule has 6 heteroatoms. The number of carbonyl (C=O) groups excluding carboxylic acids is 2. The molecule has 4 nitrogen and oxygen atoms in total. The highest BCUT2D eigenvalue weighted by Crippen LogP contribution is 2.42. The highest BCUT2D eigenvalue weighted by atomic mass is 79.9. The fourth-order valence-corrected chi connectivity index (χ4v) is 4.13. The summed E-state index contributed by atoms with van der Waals surface area (Å²) < 4.78 is 1.79. The van der Waals surface area contributed by atoms with Crippen molar-refractivity contribution in [3.8, 4) is 0 Å². The van der Waals surface area contributed by atoms with Crippen LogP contribution in [0.5, 0.6) is 0 Å². The van der Waals surface area contributed by atoms with Crippen LogP contribution in [0.25, 0.3) is 0 Å². The molecule has 2 aliphatic rings. The van der Waals surface area contributed by atoms with E-state index in [0.717, 1.165) is 27.5 Å². The van der Waals surface area contributed by atoms with E-state index in [2.05, 4.69) is 37.2 Å². The van der Waals surface area contributed by atoms with Gasteiger partial charge in [-0.3, -0.25) is 9.59 Å². The number of nitrogens with one attached hydrogen (secondary N) is 1. The number of nitrogens with zero attached hydrogens (tertiary/aromatic N) is 1. The van der Waals surface area contributed by atoms with Crippen LogP contribution in [-0.4, -0.2) is 23.9 Å². The quantitative estimate of drug-likeness (QED) is 0.805. The summed E-state index contributed by atoms with van der Waals surface area (Å²) in [5.74, 6) is 0.191. The van der Waals surface area contributed by atoms with Crippen LogP contribution in [0.2, 0.25) is 0 Å². The van der Waals surface area contributed by atoms with Crippen LogP contribution in [0.15, 0.2) is 27.1 Å². The third-order valence-electron chi connectivity index (χ3n) is 4.25. The SMILES string of the molecule is CC1(C2CC2)NC(=O)CCN(c2ccc(Br)cc2Br)C1=O. The van der Waals surface area contributed by atoms with E-state index in [4.69, 9.17) is 0 Å². The van der Waals surface area contributed by atoms with E-state index in [1.165, 1.54) is 0 Å². The van der Waals surface area contributed by atoms with E-state index < -0.39 is 5.54 Å². The summed E-state index contributed by atoms with van der Waals surface area (Å²) in [6.07, 6.45) is 2.33. The lowest BCUT2D eigenvalue weighted by atomic mass is 9.94. The summed E-state index contributed by atoms with van der Waals surface area (Å²) in [4.78, 5) is 26.7. The second-order valence-corrected chi connectivity index (χ2v) is 7.60. The number of halogens is 2. The topological polar surface area (TPSA) is 49.4 Å². The van der Waals surface area contributed by atoms with E-state index in [9.17, 15) is 9.59 Å². The zero-order valence-corrected chi connectivity index (χ0v) is 14.8. The van der Waals surface area contributed by atoms with Gasteiger partial charge in [-0.25, -0.2) is 0 Å². The molecule has 21 heavy (non-hydrogen) atoms. The molecule has 2 fully saturated rings. The molecule has 3 rings (SSSR count). The van der Waals surface area contributed by atoms with Crippen molar-refractivity contribution in [2.75, 3.05) is 11.4 Å². The van der Waals surface area contributed by atoms with Crippen molar-refractivity contribution < 1.29 is 9.59 Å². The zero-order chi connectivity index (χ0) is 15.2. The molecular weight excluding hydrogens is 400 g/mol. The van der Waals surface area contributed by atoms with Crippen LogP contribution in [0.3, 0.4) is 0 Å². The first-order valence-electron chi connectivity index (χ1n) is 7.00. The van der Waals surface area contributed by atoms with Gasteiger partial charge in [0.15, 0.2) is 0 Å². The Morgan fingerprint density at radius 2 is 2.00 bits per heavy atom. The maximum atomic E-state index is 13.0. The molecule has 1 atom stereocenters. The van der Waals surface area contributed by atoms with Gasteiger partial charge in [-0.1, -0.05) is 15.9 Å². The number of hydrogen-bond donors (Lipinski definition) is 1. The Kier molecular flexibility index (Phi) is 3.86. The minimum atomic E-state index is -0.778. The average molecular weight is 416 g/mol. The monoisotopic (exact) mass is 414 g/mol. The largest absolute Gasteiger partial charge is 0.342 e. The van der Waals surface area contributed by atoms with Crippen molar-refractivity contribution in [1.29, 1.82) is 0 Å². The molecule has 1 unspecified atom stereocenters. The molecule has 1 saturated carbocycles. The van der Waals surface area contributed by atoms with E-state index in [0.29, 0.717) is 13.0 Å². The van der Waals surface area contributed by atoms with Gasteiger partial charge in [-0.2, -0.15) is 0 Å². The minimum absolute atomic E-state index is 0.0149. The van der Waals surface area contributed by atoms with Gasteiger partial charge < -0.3 is 10.2 Å². The molecule has 1 aromatic carbocycles. The fraction of sp³-hybridized carbons (Fsp3) is 0.467. The second kappa shape index (κ2) is 5.39. The van der Waals surface area contributed by atoms with Crippen LogP contribution in [-0.2, 0) is 9.59 Å². The van der Waals surface area contributed by atoms with Gasteiger partial charge >= 0.3 is 0 Å². The lowest BCUT2D eigenvalue weighted by molar-refractivity contribution is -0.130. The van der Waals surface area contributed by atoms with E-state index in [-0.39, 0.29) is 17.7 Å². The molecule has 1 aromatic rings. The molecule has 1 saturated heterocycles. The van der Waals surface area contributed by atoms with E-state index >= 15 is 0 Å². The van der Waals surface area contributed by atoms with Gasteiger partial charge in [0.2, 0.25) is 5.91 Å². The third-order valence-corrected chi connectivity index (χ3v) is 5.37. The molecular formula is C15H16Br2N2O2. The highest BCUT2D eigenvalue weighted by molar-refractivity contribution is 9.11. The Labute approximate surface area is 140 Å². The molecule has 1 N–H and O–H groups in total. The van der Waals surface area contributed by atoms with Gasteiger partial charge in [-0.15, -0.1) is 0 Å². The summed E-state index contributed by atoms with van der Waals surface area (Å²) in [6, 6.07) is 5.72. The van der Waals surface area contributed by atoms with Crippen LogP contribution in [0.1, 0.15) is 26.2 Å². The normalized spacial score (nSPS) is 26.5. The Hall–Kier alpha value is -0.880. The third kappa shape index (κ3) is 2.75. The number of benzene rings is 1. The van der Waals surface area contributed by atoms with E-state index in [1.54, 1.807) is 4.90 Å². The molecule has 0 bridgehead atoms. The first-order chi connectivity index (χ1) is 9.91. The number of anilines is 1. The van der Waals surface area contributed by atoms with E-state index in [1.807, 2.05) is 25.1 Å². The van der Waals surface area contributed by atoms with Crippen LogP contribution in [0.4, 0.5) is 5.69 Å². The number of carbonyl (C=O) groups is 2. The van der Waals surface area contributed by atoms with Crippen LogP contribution >= 0.6 is 31.9 Å². The lowest BCUT2D eigenvalue weighted by Crippen LogP contribution is -2.57. The van der Waals surface area contributed by atoms with Crippen molar-refractivity contribution in [2.24, 2.45) is 5.92 Å². The van der Waals surface area contributed by atoms with Gasteiger partial charge in [0.1, 0.15) is 5.54 Å². The van der Waals surface area contributed by atoms with Crippen molar-refractivity contribution in [1.82, 2.24) is 5.32 Å². The predicted molar refractivity (Wildman–Crippen MR) is 88.1 cm³/mol. The molecule has 1 aliphatic heterocycles. The smallest absolute Gasteiger partial charge is 0.252 e. The molecule has 1 aliphatic carbocycles. The van der Waals surface area contributed by atoms with Crippen molar-refractivity contribution in [2.45, 2.75) is 31.7 Å². The molecule has 0 spiro atoms. The first kappa shape index (κ1) is 15.0. The number of rotatable bonds is 2. The summed E-state index contributed by atoms with van der Waals surface area (Å²) in [7, 11) is 0.